The van der Waals surface area contributed by atoms with Crippen LogP contribution in [0.15, 0.2) is 0 Å². The molecule has 1 amide bonds. The molecule has 0 aromatic rings. The molecule has 16 heavy (non-hydrogen) atoms. The highest BCUT2D eigenvalue weighted by atomic mass is 16.2. The molecule has 0 aromatic heterocycles. The molecule has 2 aliphatic heterocycles. The quantitative estimate of drug-likeness (QED) is 0.618. The lowest BCUT2D eigenvalue weighted by molar-refractivity contribution is -0.131. The van der Waals surface area contributed by atoms with Gasteiger partial charge >= 0.3 is 0 Å². The molecule has 0 saturated carbocycles. The van der Waals surface area contributed by atoms with Crippen LogP contribution in [0.5, 0.6) is 0 Å². The number of piperazine rings is 1. The van der Waals surface area contributed by atoms with Gasteiger partial charge in [0.1, 0.15) is 0 Å². The smallest absolute Gasteiger partial charge is 0.299 e. The molecule has 3 heteroatoms. The van der Waals surface area contributed by atoms with Gasteiger partial charge in [0.05, 0.1) is 0 Å². The number of rotatable bonds is 1. The van der Waals surface area contributed by atoms with Gasteiger partial charge in [0.25, 0.3) is 5.91 Å². The number of amides is 1. The van der Waals surface area contributed by atoms with Crippen LogP contribution in [0.4, 0.5) is 0 Å². The number of hydrogen-bond donors (Lipinski definition) is 0. The van der Waals surface area contributed by atoms with E-state index in [1.54, 1.807) is 6.92 Å². The predicted octanol–water partition coefficient (Wildman–Crippen LogP) is 1.09. The van der Waals surface area contributed by atoms with Crippen LogP contribution in [0.1, 0.15) is 33.6 Å². The maximum Gasteiger partial charge on any atom is 0.299 e. The van der Waals surface area contributed by atoms with Crippen molar-refractivity contribution in [2.75, 3.05) is 13.1 Å². The minimum absolute atomic E-state index is 0.0263. The normalized spacial score (nSPS) is 29.1. The van der Waals surface area contributed by atoms with Crippen LogP contribution < -0.4 is 0 Å². The second-order valence-corrected chi connectivity index (χ2v) is 5.02. The van der Waals surface area contributed by atoms with E-state index in [0.717, 1.165) is 25.9 Å². The summed E-state index contributed by atoms with van der Waals surface area (Å²) in [6, 6.07) is 1.38. The maximum atomic E-state index is 11.9. The molecule has 88 valence electrons. The van der Waals surface area contributed by atoms with Crippen molar-refractivity contribution < 1.29 is 4.79 Å². The van der Waals surface area contributed by atoms with Gasteiger partial charge in [-0.15, -0.1) is 0 Å². The first-order valence-corrected chi connectivity index (χ1v) is 6.12. The fourth-order valence-corrected chi connectivity index (χ4v) is 2.86. The minimum atomic E-state index is 0.0263. The first kappa shape index (κ1) is 11.5. The molecular formula is C13H20N2O. The Morgan fingerprint density at radius 1 is 1.25 bits per heavy atom. The summed E-state index contributed by atoms with van der Waals surface area (Å²) in [6.45, 7) is 8.21. The number of hydrogen-bond acceptors (Lipinski definition) is 2. The zero-order valence-corrected chi connectivity index (χ0v) is 10.4. The zero-order valence-electron chi connectivity index (χ0n) is 10.4. The summed E-state index contributed by atoms with van der Waals surface area (Å²) >= 11 is 0. The second kappa shape index (κ2) is 4.47. The van der Waals surface area contributed by atoms with Gasteiger partial charge in [0.15, 0.2) is 0 Å². The highest BCUT2D eigenvalue weighted by Gasteiger charge is 2.42. The topological polar surface area (TPSA) is 23.6 Å². The van der Waals surface area contributed by atoms with Gasteiger partial charge in [-0.2, -0.15) is 0 Å². The molecule has 0 radical (unpaired) electrons. The van der Waals surface area contributed by atoms with Crippen LogP contribution in [-0.4, -0.2) is 46.9 Å². The Hall–Kier alpha value is -1.01. The highest BCUT2D eigenvalue weighted by molar-refractivity contribution is 5.94. The molecule has 0 N–H and O–H groups in total. The number of carbonyl (C=O) groups is 1. The van der Waals surface area contributed by atoms with E-state index in [2.05, 4.69) is 30.6 Å². The molecular weight excluding hydrogens is 200 g/mol. The van der Waals surface area contributed by atoms with E-state index in [1.807, 2.05) is 4.90 Å². The van der Waals surface area contributed by atoms with Gasteiger partial charge < -0.3 is 4.90 Å². The molecule has 2 rings (SSSR count). The molecule has 2 bridgehead atoms. The Morgan fingerprint density at radius 2 is 1.81 bits per heavy atom. The van der Waals surface area contributed by atoms with Crippen LogP contribution >= 0.6 is 0 Å². The Labute approximate surface area is 97.8 Å². The van der Waals surface area contributed by atoms with Crippen molar-refractivity contribution in [3.05, 3.63) is 0 Å². The number of nitrogens with zero attached hydrogens (tertiary/aromatic N) is 2. The molecule has 2 atom stereocenters. The van der Waals surface area contributed by atoms with Crippen molar-refractivity contribution in [2.24, 2.45) is 0 Å². The largest absolute Gasteiger partial charge is 0.323 e. The monoisotopic (exact) mass is 220 g/mol. The van der Waals surface area contributed by atoms with Gasteiger partial charge in [-0.05, 0) is 39.5 Å². The van der Waals surface area contributed by atoms with E-state index < -0.39 is 0 Å². The average molecular weight is 220 g/mol. The van der Waals surface area contributed by atoms with Crippen LogP contribution in [-0.2, 0) is 4.79 Å². The summed E-state index contributed by atoms with van der Waals surface area (Å²) in [4.78, 5) is 16.4. The van der Waals surface area contributed by atoms with Crippen LogP contribution in [0.3, 0.4) is 0 Å². The van der Waals surface area contributed by atoms with Gasteiger partial charge in [-0.1, -0.05) is 5.92 Å². The van der Waals surface area contributed by atoms with Crippen molar-refractivity contribution in [3.63, 3.8) is 0 Å². The number of likely N-dealkylation sites (tertiary alicyclic amines) is 1. The standard InChI is InChI=1S/C13H20N2O/c1-4-5-13(16)15-11-6-7-12(15)9-14(8-11)10(2)3/h10-12H,6-9H2,1-3H3/t11-,12+. The zero-order chi connectivity index (χ0) is 11.7. The summed E-state index contributed by atoms with van der Waals surface area (Å²) < 4.78 is 0. The van der Waals surface area contributed by atoms with Gasteiger partial charge in [-0.3, -0.25) is 9.69 Å². The lowest BCUT2D eigenvalue weighted by atomic mass is 10.1. The SMILES string of the molecule is CC#CC(=O)N1[C@@H]2CC[C@H]1CN(C(C)C)C2. The third kappa shape index (κ3) is 1.94. The fraction of sp³-hybridized carbons (Fsp3) is 0.769. The third-order valence-corrected chi connectivity index (χ3v) is 3.71. The van der Waals surface area contributed by atoms with Gasteiger partial charge in [0, 0.05) is 31.2 Å². The predicted molar refractivity (Wildman–Crippen MR) is 63.8 cm³/mol. The molecule has 0 spiro atoms. The van der Waals surface area contributed by atoms with Gasteiger partial charge in [0.2, 0.25) is 0 Å². The summed E-state index contributed by atoms with van der Waals surface area (Å²) in [5, 5.41) is 0. The lowest BCUT2D eigenvalue weighted by Gasteiger charge is -2.42. The Kier molecular flexibility index (Phi) is 3.20. The summed E-state index contributed by atoms with van der Waals surface area (Å²) in [5.74, 6) is 5.42. The van der Waals surface area contributed by atoms with Crippen LogP contribution in [0, 0.1) is 11.8 Å². The first-order chi connectivity index (χ1) is 7.63. The van der Waals surface area contributed by atoms with Crippen molar-refractivity contribution in [1.82, 2.24) is 9.80 Å². The van der Waals surface area contributed by atoms with E-state index in [-0.39, 0.29) is 5.91 Å². The molecule has 2 saturated heterocycles. The molecule has 2 heterocycles. The van der Waals surface area contributed by atoms with Crippen LogP contribution in [0.2, 0.25) is 0 Å². The molecule has 2 aliphatic rings. The van der Waals surface area contributed by atoms with Crippen molar-refractivity contribution in [2.45, 2.75) is 51.7 Å². The first-order valence-electron chi connectivity index (χ1n) is 6.12. The molecule has 0 unspecified atom stereocenters. The van der Waals surface area contributed by atoms with E-state index >= 15 is 0 Å². The molecule has 0 aromatic carbocycles. The lowest BCUT2D eigenvalue weighted by Crippen LogP contribution is -2.57. The van der Waals surface area contributed by atoms with Crippen molar-refractivity contribution in [1.29, 1.82) is 0 Å². The van der Waals surface area contributed by atoms with E-state index in [0.29, 0.717) is 18.1 Å². The van der Waals surface area contributed by atoms with E-state index in [4.69, 9.17) is 0 Å². The summed E-state index contributed by atoms with van der Waals surface area (Å²) in [7, 11) is 0. The van der Waals surface area contributed by atoms with E-state index in [9.17, 15) is 4.79 Å². The summed E-state index contributed by atoms with van der Waals surface area (Å²) in [5.41, 5.74) is 0. The van der Waals surface area contributed by atoms with Crippen molar-refractivity contribution >= 4 is 5.91 Å². The Bertz CT molecular complexity index is 326. The second-order valence-electron chi connectivity index (χ2n) is 5.02. The Morgan fingerprint density at radius 3 is 2.25 bits per heavy atom. The third-order valence-electron chi connectivity index (χ3n) is 3.71. The molecule has 3 nitrogen and oxygen atoms in total. The number of fused-ring (bicyclic) bond motifs is 2. The fourth-order valence-electron chi connectivity index (χ4n) is 2.86. The average Bonchev–Trinajstić information content (AvgIpc) is 2.49. The van der Waals surface area contributed by atoms with Crippen molar-refractivity contribution in [3.8, 4) is 11.8 Å². The minimum Gasteiger partial charge on any atom is -0.323 e. The maximum absolute atomic E-state index is 11.9. The van der Waals surface area contributed by atoms with Gasteiger partial charge in [-0.25, -0.2) is 0 Å². The molecule has 0 aliphatic carbocycles. The highest BCUT2D eigenvalue weighted by Crippen LogP contribution is 2.30. The van der Waals surface area contributed by atoms with E-state index in [1.165, 1.54) is 0 Å². The number of carbonyl (C=O) groups excluding carboxylic acids is 1. The molecule has 2 fully saturated rings. The van der Waals surface area contributed by atoms with Crippen LogP contribution in [0.25, 0.3) is 0 Å². The Balaban J connectivity index is 2.10. The summed E-state index contributed by atoms with van der Waals surface area (Å²) in [6.07, 6.45) is 2.29.